The molecule has 3 N–H and O–H groups in total. The highest BCUT2D eigenvalue weighted by molar-refractivity contribution is 5.95. The fourth-order valence-electron chi connectivity index (χ4n) is 1.58. The smallest absolute Gasteiger partial charge is 0.251 e. The number of carbonyl (C=O) groups is 2. The molecule has 1 aromatic carbocycles. The van der Waals surface area contributed by atoms with Gasteiger partial charge in [0.1, 0.15) is 0 Å². The van der Waals surface area contributed by atoms with E-state index in [1.807, 2.05) is 6.92 Å². The molecule has 6 heteroatoms. The van der Waals surface area contributed by atoms with Crippen LogP contribution in [0.5, 0.6) is 11.5 Å². The lowest BCUT2D eigenvalue weighted by molar-refractivity contribution is -0.120. The van der Waals surface area contributed by atoms with Crippen molar-refractivity contribution in [3.05, 3.63) is 23.8 Å². The molecule has 0 spiro atoms. The van der Waals surface area contributed by atoms with Crippen molar-refractivity contribution in [3.63, 3.8) is 0 Å². The van der Waals surface area contributed by atoms with Crippen molar-refractivity contribution in [2.24, 2.45) is 0 Å². The van der Waals surface area contributed by atoms with E-state index >= 15 is 0 Å². The number of phenols is 1. The summed E-state index contributed by atoms with van der Waals surface area (Å²) in [4.78, 5) is 23.1. The maximum atomic E-state index is 11.8. The third kappa shape index (κ3) is 4.79. The van der Waals surface area contributed by atoms with Gasteiger partial charge in [0.05, 0.1) is 7.11 Å². The van der Waals surface area contributed by atoms with E-state index in [4.69, 9.17) is 4.74 Å². The predicted octanol–water partition coefficient (Wildman–Crippen LogP) is 1.05. The van der Waals surface area contributed by atoms with Gasteiger partial charge in [0.2, 0.25) is 5.91 Å². The number of amides is 2. The molecule has 0 fully saturated rings. The third-order valence-electron chi connectivity index (χ3n) is 2.65. The first kappa shape index (κ1) is 15.8. The summed E-state index contributed by atoms with van der Waals surface area (Å²) in [6, 6.07) is 4.38. The molecule has 1 rings (SSSR count). The van der Waals surface area contributed by atoms with Gasteiger partial charge >= 0.3 is 0 Å². The maximum absolute atomic E-state index is 11.8. The molecule has 6 nitrogen and oxygen atoms in total. The lowest BCUT2D eigenvalue weighted by Crippen LogP contribution is -2.31. The van der Waals surface area contributed by atoms with Crippen molar-refractivity contribution in [1.29, 1.82) is 0 Å². The Labute approximate surface area is 118 Å². The van der Waals surface area contributed by atoms with Gasteiger partial charge in [-0.05, 0) is 24.6 Å². The standard InChI is InChI=1S/C14H20N2O4/c1-3-7-15-13(18)6-8-16-14(19)10-4-5-12(20-2)11(17)9-10/h4-5,9,17H,3,6-8H2,1-2H3,(H,15,18)(H,16,19). The summed E-state index contributed by atoms with van der Waals surface area (Å²) in [5.41, 5.74) is 0.317. The highest BCUT2D eigenvalue weighted by Gasteiger charge is 2.09. The fraction of sp³-hybridized carbons (Fsp3) is 0.429. The molecule has 110 valence electrons. The fourth-order valence-corrected chi connectivity index (χ4v) is 1.58. The zero-order valence-corrected chi connectivity index (χ0v) is 11.7. The number of ether oxygens (including phenoxy) is 1. The van der Waals surface area contributed by atoms with E-state index in [-0.39, 0.29) is 30.5 Å². The molecular formula is C14H20N2O4. The molecule has 0 aliphatic heterocycles. The molecule has 0 saturated carbocycles. The molecule has 0 aromatic heterocycles. The number of hydrogen-bond acceptors (Lipinski definition) is 4. The maximum Gasteiger partial charge on any atom is 0.251 e. The van der Waals surface area contributed by atoms with Gasteiger partial charge < -0.3 is 20.5 Å². The monoisotopic (exact) mass is 280 g/mol. The molecule has 1 aromatic rings. The Morgan fingerprint density at radius 1 is 1.25 bits per heavy atom. The van der Waals surface area contributed by atoms with Gasteiger partial charge in [0.15, 0.2) is 11.5 Å². The second kappa shape index (κ2) is 8.04. The average Bonchev–Trinajstić information content (AvgIpc) is 2.44. The number of aromatic hydroxyl groups is 1. The van der Waals surface area contributed by atoms with E-state index in [2.05, 4.69) is 10.6 Å². The van der Waals surface area contributed by atoms with E-state index in [0.717, 1.165) is 6.42 Å². The number of methoxy groups -OCH3 is 1. The van der Waals surface area contributed by atoms with Crippen molar-refractivity contribution in [2.45, 2.75) is 19.8 Å². The normalized spacial score (nSPS) is 9.90. The minimum atomic E-state index is -0.341. The molecule has 0 bridgehead atoms. The second-order valence-corrected chi connectivity index (χ2v) is 4.24. The van der Waals surface area contributed by atoms with Gasteiger partial charge in [-0.15, -0.1) is 0 Å². The van der Waals surface area contributed by atoms with Crippen molar-refractivity contribution in [1.82, 2.24) is 10.6 Å². The van der Waals surface area contributed by atoms with Crippen LogP contribution < -0.4 is 15.4 Å². The summed E-state index contributed by atoms with van der Waals surface area (Å²) in [6.07, 6.45) is 1.11. The molecule has 0 unspecified atom stereocenters. The quantitative estimate of drug-likeness (QED) is 0.696. The highest BCUT2D eigenvalue weighted by Crippen LogP contribution is 2.25. The van der Waals surface area contributed by atoms with Crippen molar-refractivity contribution in [3.8, 4) is 11.5 Å². The largest absolute Gasteiger partial charge is 0.504 e. The molecular weight excluding hydrogens is 260 g/mol. The molecule has 0 aliphatic carbocycles. The van der Waals surface area contributed by atoms with Crippen molar-refractivity contribution >= 4 is 11.8 Å². The van der Waals surface area contributed by atoms with E-state index in [9.17, 15) is 14.7 Å². The molecule has 0 saturated heterocycles. The summed E-state index contributed by atoms with van der Waals surface area (Å²) >= 11 is 0. The van der Waals surface area contributed by atoms with Crippen LogP contribution in [-0.4, -0.2) is 37.1 Å². The Kier molecular flexibility index (Phi) is 6.36. The zero-order chi connectivity index (χ0) is 15.0. The molecule has 0 atom stereocenters. The van der Waals surface area contributed by atoms with Crippen molar-refractivity contribution < 1.29 is 19.4 Å². The minimum Gasteiger partial charge on any atom is -0.504 e. The molecule has 0 heterocycles. The summed E-state index contributed by atoms with van der Waals surface area (Å²) in [7, 11) is 1.43. The third-order valence-corrected chi connectivity index (χ3v) is 2.65. The molecule has 0 aliphatic rings. The zero-order valence-electron chi connectivity index (χ0n) is 11.7. The van der Waals surface area contributed by atoms with Crippen LogP contribution in [0.15, 0.2) is 18.2 Å². The van der Waals surface area contributed by atoms with Crippen LogP contribution >= 0.6 is 0 Å². The Balaban J connectivity index is 2.43. The van der Waals surface area contributed by atoms with Gasteiger partial charge in [-0.2, -0.15) is 0 Å². The van der Waals surface area contributed by atoms with Crippen LogP contribution in [0.25, 0.3) is 0 Å². The summed E-state index contributed by atoms with van der Waals surface area (Å²) < 4.78 is 4.90. The van der Waals surface area contributed by atoms with Crippen LogP contribution in [-0.2, 0) is 4.79 Å². The highest BCUT2D eigenvalue weighted by atomic mass is 16.5. The van der Waals surface area contributed by atoms with Crippen LogP contribution in [0.3, 0.4) is 0 Å². The predicted molar refractivity (Wildman–Crippen MR) is 74.9 cm³/mol. The van der Waals surface area contributed by atoms with E-state index in [1.165, 1.54) is 19.2 Å². The van der Waals surface area contributed by atoms with Gasteiger partial charge in [0, 0.05) is 25.1 Å². The lowest BCUT2D eigenvalue weighted by Gasteiger charge is -2.08. The number of phenolic OH excluding ortho intramolecular Hbond substituents is 1. The summed E-state index contributed by atoms with van der Waals surface area (Å²) in [5.74, 6) is -0.225. The van der Waals surface area contributed by atoms with Gasteiger partial charge in [-0.3, -0.25) is 9.59 Å². The second-order valence-electron chi connectivity index (χ2n) is 4.24. The first-order chi connectivity index (χ1) is 9.58. The SMILES string of the molecule is CCCNC(=O)CCNC(=O)c1ccc(OC)c(O)c1. The Morgan fingerprint density at radius 3 is 2.60 bits per heavy atom. The van der Waals surface area contributed by atoms with Gasteiger partial charge in [-0.1, -0.05) is 6.92 Å². The molecule has 2 amide bonds. The lowest BCUT2D eigenvalue weighted by atomic mass is 10.2. The van der Waals surface area contributed by atoms with Crippen molar-refractivity contribution in [2.75, 3.05) is 20.2 Å². The summed E-state index contributed by atoms with van der Waals surface area (Å²) in [6.45, 7) is 2.86. The first-order valence-electron chi connectivity index (χ1n) is 6.50. The van der Waals surface area contributed by atoms with Crippen LogP contribution in [0, 0.1) is 0 Å². The molecule has 0 radical (unpaired) electrons. The van der Waals surface area contributed by atoms with Gasteiger partial charge in [-0.25, -0.2) is 0 Å². The molecule has 20 heavy (non-hydrogen) atoms. The number of carbonyl (C=O) groups excluding carboxylic acids is 2. The van der Waals surface area contributed by atoms with Gasteiger partial charge in [0.25, 0.3) is 5.91 Å². The van der Waals surface area contributed by atoms with E-state index in [1.54, 1.807) is 6.07 Å². The summed E-state index contributed by atoms with van der Waals surface area (Å²) in [5, 5.41) is 14.9. The van der Waals surface area contributed by atoms with E-state index in [0.29, 0.717) is 17.9 Å². The van der Waals surface area contributed by atoms with Crippen LogP contribution in [0.4, 0.5) is 0 Å². The minimum absolute atomic E-state index is 0.0928. The Hall–Kier alpha value is -2.24. The first-order valence-corrected chi connectivity index (χ1v) is 6.50. The average molecular weight is 280 g/mol. The van der Waals surface area contributed by atoms with E-state index < -0.39 is 0 Å². The Bertz CT molecular complexity index is 474. The number of hydrogen-bond donors (Lipinski definition) is 3. The number of benzene rings is 1. The van der Waals surface area contributed by atoms with Crippen LogP contribution in [0.2, 0.25) is 0 Å². The topological polar surface area (TPSA) is 87.7 Å². The number of nitrogens with one attached hydrogen (secondary N) is 2. The Morgan fingerprint density at radius 2 is 2.00 bits per heavy atom. The number of rotatable bonds is 7. The van der Waals surface area contributed by atoms with Crippen LogP contribution in [0.1, 0.15) is 30.1 Å².